The first-order valence-electron chi connectivity index (χ1n) is 2.85. The van der Waals surface area contributed by atoms with E-state index in [-0.39, 0.29) is 0 Å². The third kappa shape index (κ3) is 0.543. The van der Waals surface area contributed by atoms with E-state index in [0.717, 1.165) is 5.92 Å². The molecule has 1 heteroatoms. The van der Waals surface area contributed by atoms with Crippen LogP contribution in [0.5, 0.6) is 0 Å². The van der Waals surface area contributed by atoms with Gasteiger partial charge in [0.15, 0.2) is 0 Å². The second-order valence-electron chi connectivity index (χ2n) is 2.49. The van der Waals surface area contributed by atoms with Crippen LogP contribution in [0, 0.1) is 5.92 Å². The maximum absolute atomic E-state index is 2.78. The van der Waals surface area contributed by atoms with Gasteiger partial charge in [-0.1, -0.05) is 0 Å². The van der Waals surface area contributed by atoms with Crippen molar-refractivity contribution in [1.82, 2.24) is 0 Å². The summed E-state index contributed by atoms with van der Waals surface area (Å²) < 4.78 is 0.379. The molecule has 0 atom stereocenters. The predicted octanol–water partition coefficient (Wildman–Crippen LogP) is 1.84. The molecule has 2 bridgehead atoms. The van der Waals surface area contributed by atoms with Gasteiger partial charge in [0, 0.05) is 0 Å². The summed E-state index contributed by atoms with van der Waals surface area (Å²) in [7, 11) is 0. The van der Waals surface area contributed by atoms with Crippen molar-refractivity contribution in [2.45, 2.75) is 10.4 Å². The number of hydrogen-bond acceptors (Lipinski definition) is 0. The van der Waals surface area contributed by atoms with Gasteiger partial charge in [-0.3, -0.25) is 0 Å². The van der Waals surface area contributed by atoms with E-state index in [1.54, 1.807) is 0 Å². The zero-order valence-electron chi connectivity index (χ0n) is 4.45. The van der Waals surface area contributed by atoms with E-state index in [0.29, 0.717) is 4.01 Å². The second kappa shape index (κ2) is 1.33. The summed E-state index contributed by atoms with van der Waals surface area (Å²) in [6.07, 6.45) is 10.4. The molecule has 0 N–H and O–H groups in total. The zero-order valence-corrected chi connectivity index (χ0v) is 6.19. The molecule has 8 heavy (non-hydrogen) atoms. The van der Waals surface area contributed by atoms with E-state index in [9.17, 15) is 0 Å². The van der Waals surface area contributed by atoms with E-state index >= 15 is 0 Å². The molecule has 2 rings (SSSR count). The molecule has 0 unspecified atom stereocenters. The standard InChI is InChI=1S/C7H7.Ru/c1-2-7-4-3-6(1)5-7;/h1-4,6H,5H2;. The van der Waals surface area contributed by atoms with Crippen molar-refractivity contribution in [3.63, 3.8) is 0 Å². The molecule has 0 aliphatic heterocycles. The molecule has 0 saturated heterocycles. The molecule has 0 amide bonds. The second-order valence-corrected chi connectivity index (χ2v) is 4.11. The first-order chi connectivity index (χ1) is 3.79. The van der Waals surface area contributed by atoms with Gasteiger partial charge >= 0.3 is 59.0 Å². The van der Waals surface area contributed by atoms with Gasteiger partial charge in [-0.15, -0.1) is 0 Å². The molecule has 0 heterocycles. The van der Waals surface area contributed by atoms with Crippen molar-refractivity contribution in [3.8, 4) is 0 Å². The first-order valence-corrected chi connectivity index (χ1v) is 3.72. The Bertz CT molecular complexity index is 153. The molecule has 43 valence electrons. The molecular formula is C7H7Ru. The third-order valence-electron chi connectivity index (χ3n) is 1.78. The number of hydrogen-bond donors (Lipinski definition) is 0. The van der Waals surface area contributed by atoms with E-state index in [4.69, 9.17) is 0 Å². The van der Waals surface area contributed by atoms with Crippen LogP contribution in [0.3, 0.4) is 0 Å². The van der Waals surface area contributed by atoms with Crippen molar-refractivity contribution in [3.05, 3.63) is 24.3 Å². The van der Waals surface area contributed by atoms with Crippen LogP contribution in [0.4, 0.5) is 0 Å². The van der Waals surface area contributed by atoms with E-state index in [1.165, 1.54) is 6.42 Å². The molecule has 0 spiro atoms. The van der Waals surface area contributed by atoms with Crippen LogP contribution < -0.4 is 0 Å². The fourth-order valence-electron chi connectivity index (χ4n) is 1.31. The van der Waals surface area contributed by atoms with Crippen LogP contribution >= 0.6 is 0 Å². The van der Waals surface area contributed by atoms with Crippen molar-refractivity contribution in [2.75, 3.05) is 0 Å². The summed E-state index contributed by atoms with van der Waals surface area (Å²) >= 11 is 2.78. The summed E-state index contributed by atoms with van der Waals surface area (Å²) in [5.41, 5.74) is 0. The molecule has 0 saturated carbocycles. The van der Waals surface area contributed by atoms with Crippen LogP contribution in [0.1, 0.15) is 6.42 Å². The van der Waals surface area contributed by atoms with Gasteiger partial charge in [-0.05, 0) is 0 Å². The van der Waals surface area contributed by atoms with Crippen molar-refractivity contribution in [2.24, 2.45) is 5.92 Å². The topological polar surface area (TPSA) is 0 Å². The Balaban J connectivity index is 2.43. The third-order valence-corrected chi connectivity index (χ3v) is 2.71. The first kappa shape index (κ1) is 4.93. The van der Waals surface area contributed by atoms with Crippen LogP contribution in [-0.4, -0.2) is 0 Å². The normalized spacial score (nSPS) is 48.9. The molecule has 2 aliphatic rings. The Hall–Kier alpha value is 0.103. The molecule has 2 aliphatic carbocycles. The van der Waals surface area contributed by atoms with E-state index in [2.05, 4.69) is 42.6 Å². The Morgan fingerprint density at radius 2 is 2.00 bits per heavy atom. The minimum absolute atomic E-state index is 0.379. The summed E-state index contributed by atoms with van der Waals surface area (Å²) in [6, 6.07) is 0. The Morgan fingerprint density at radius 1 is 1.38 bits per heavy atom. The van der Waals surface area contributed by atoms with Crippen LogP contribution in [0.2, 0.25) is 4.01 Å². The average molecular weight is 192 g/mol. The van der Waals surface area contributed by atoms with Gasteiger partial charge in [0.05, 0.1) is 0 Å². The van der Waals surface area contributed by atoms with Gasteiger partial charge in [-0.25, -0.2) is 0 Å². The fourth-order valence-corrected chi connectivity index (χ4v) is 2.05. The Labute approximate surface area is 59.3 Å². The maximum atomic E-state index is 2.78. The summed E-state index contributed by atoms with van der Waals surface area (Å²) in [4.78, 5) is 0. The van der Waals surface area contributed by atoms with Gasteiger partial charge in [-0.2, -0.15) is 0 Å². The van der Waals surface area contributed by atoms with Gasteiger partial charge in [0.25, 0.3) is 0 Å². The zero-order chi connectivity index (χ0) is 5.61. The summed E-state index contributed by atoms with van der Waals surface area (Å²) in [5.74, 6) is 0.760. The Morgan fingerprint density at radius 3 is 2.12 bits per heavy atom. The molecule has 0 fully saturated rings. The molecule has 0 nitrogen and oxygen atoms in total. The molecule has 0 aromatic rings. The number of fused-ring (bicyclic) bond motifs is 2. The average Bonchev–Trinajstić information content (AvgIpc) is 2.21. The SMILES string of the molecule is [Ru][C]12C=CC(C=C1)C2. The summed E-state index contributed by atoms with van der Waals surface area (Å²) in [5, 5.41) is 0. The van der Waals surface area contributed by atoms with E-state index < -0.39 is 0 Å². The van der Waals surface area contributed by atoms with E-state index in [1.807, 2.05) is 0 Å². The van der Waals surface area contributed by atoms with Gasteiger partial charge < -0.3 is 0 Å². The molecule has 0 radical (unpaired) electrons. The monoisotopic (exact) mass is 193 g/mol. The quantitative estimate of drug-likeness (QED) is 0.406. The van der Waals surface area contributed by atoms with Crippen LogP contribution in [-0.2, 0) is 18.3 Å². The molecule has 0 aromatic heterocycles. The predicted molar refractivity (Wildman–Crippen MR) is 29.1 cm³/mol. The van der Waals surface area contributed by atoms with Gasteiger partial charge in [0.2, 0.25) is 0 Å². The van der Waals surface area contributed by atoms with Gasteiger partial charge in [0.1, 0.15) is 0 Å². The van der Waals surface area contributed by atoms with Crippen LogP contribution in [0.15, 0.2) is 24.3 Å². The molecular weight excluding hydrogens is 185 g/mol. The van der Waals surface area contributed by atoms with Crippen molar-refractivity contribution in [1.29, 1.82) is 0 Å². The number of rotatable bonds is 0. The summed E-state index contributed by atoms with van der Waals surface area (Å²) in [6.45, 7) is 0. The van der Waals surface area contributed by atoms with Crippen LogP contribution in [0.25, 0.3) is 0 Å². The number of allylic oxidation sites excluding steroid dienone is 4. The van der Waals surface area contributed by atoms with Crippen molar-refractivity contribution >= 4 is 0 Å². The minimum atomic E-state index is 0.379. The fraction of sp³-hybridized carbons (Fsp3) is 0.429. The van der Waals surface area contributed by atoms with Crippen molar-refractivity contribution < 1.29 is 18.3 Å². The Kier molecular flexibility index (Phi) is 0.820. The molecule has 0 aromatic carbocycles.